The van der Waals surface area contributed by atoms with E-state index in [0.29, 0.717) is 0 Å². The van der Waals surface area contributed by atoms with E-state index in [9.17, 15) is 0 Å². The van der Waals surface area contributed by atoms with Gasteiger partial charge in [-0.05, 0) is 0 Å². The molecule has 0 aliphatic heterocycles. The summed E-state index contributed by atoms with van der Waals surface area (Å²) in [4.78, 5) is 0. The first-order chi connectivity index (χ1) is 4.79. The molecule has 0 aromatic rings. The van der Waals surface area contributed by atoms with E-state index in [4.69, 9.17) is 25.7 Å². The number of hydrogen-bond acceptors (Lipinski definition) is 0. The molecule has 0 nitrogen and oxygen atoms in total. The van der Waals surface area contributed by atoms with Gasteiger partial charge in [-0.25, -0.2) is 0 Å². The summed E-state index contributed by atoms with van der Waals surface area (Å²) in [7, 11) is 0. The van der Waals surface area contributed by atoms with Gasteiger partial charge in [0.15, 0.2) is 0 Å². The third kappa shape index (κ3) is 1.49. The largest absolute Gasteiger partial charge is 0.367 e. The van der Waals surface area contributed by atoms with Crippen LogP contribution >= 0.6 is 0 Å². The molecule has 0 heterocycles. The van der Waals surface area contributed by atoms with Crippen molar-refractivity contribution in [2.24, 2.45) is 0 Å². The molecule has 0 amide bonds. The van der Waals surface area contributed by atoms with Crippen LogP contribution in [-0.4, -0.2) is 0 Å². The van der Waals surface area contributed by atoms with Crippen LogP contribution in [0.5, 0.6) is 0 Å². The lowest BCUT2D eigenvalue weighted by Crippen LogP contribution is -1.79. The lowest BCUT2D eigenvalue weighted by molar-refractivity contribution is 1.76. The van der Waals surface area contributed by atoms with Crippen LogP contribution in [0.2, 0.25) is 0 Å². The van der Waals surface area contributed by atoms with Crippen molar-refractivity contribution < 1.29 is 0 Å². The van der Waals surface area contributed by atoms with Crippen molar-refractivity contribution in [3.05, 3.63) is 36.8 Å². The van der Waals surface area contributed by atoms with Crippen LogP contribution in [0.25, 0.3) is 0 Å². The van der Waals surface area contributed by atoms with Crippen molar-refractivity contribution >= 4 is 0 Å². The number of allylic oxidation sites excluding steroid dienone is 2. The van der Waals surface area contributed by atoms with E-state index >= 15 is 0 Å². The minimum Gasteiger partial charge on any atom is -0.367 e. The molecule has 10 heavy (non-hydrogen) atoms. The average Bonchev–Trinajstić information content (AvgIpc) is 2.00. The number of rotatable bonds is 0. The molecule has 0 N–H and O–H groups in total. The highest BCUT2D eigenvalue weighted by Gasteiger charge is 1.66. The molecule has 0 saturated carbocycles. The van der Waals surface area contributed by atoms with Crippen LogP contribution in [0.3, 0.4) is 0 Å². The quantitative estimate of drug-likeness (QED) is 0.325. The first kappa shape index (κ1) is 7.98. The van der Waals surface area contributed by atoms with Crippen LogP contribution < -0.4 is 0 Å². The van der Waals surface area contributed by atoms with Crippen LogP contribution in [0, 0.1) is 49.4 Å². The van der Waals surface area contributed by atoms with Gasteiger partial charge < -0.3 is 49.4 Å². The Morgan fingerprint density at radius 3 is 0.900 bits per heavy atom. The van der Waals surface area contributed by atoms with Crippen molar-refractivity contribution in [3.63, 3.8) is 0 Å². The summed E-state index contributed by atoms with van der Waals surface area (Å²) in [5, 5.41) is 0. The zero-order valence-electron chi connectivity index (χ0n) is 5.00. The summed E-state index contributed by atoms with van der Waals surface area (Å²) in [6.07, 6.45) is 26.2. The van der Waals surface area contributed by atoms with Gasteiger partial charge in [0.1, 0.15) is 0 Å². The lowest BCUT2D eigenvalue weighted by atomic mass is 10.1. The van der Waals surface area contributed by atoms with E-state index in [-0.39, 0.29) is 11.1 Å². The normalized spacial score (nSPS) is 5.60. The smallest absolute Gasteiger partial charge is 0.163 e. The van der Waals surface area contributed by atoms with Crippen molar-refractivity contribution in [2.75, 3.05) is 0 Å². The van der Waals surface area contributed by atoms with Gasteiger partial charge in [-0.3, -0.25) is 0 Å². The molecule has 0 atom stereocenters. The molecular weight excluding hydrogens is 120 g/mol. The standard InChI is InChI=1S/C10/c1-5-9(6-2)10(7-3)8-4/q-4. The zero-order valence-corrected chi connectivity index (χ0v) is 5.00. The van der Waals surface area contributed by atoms with Crippen molar-refractivity contribution in [3.8, 4) is 23.7 Å². The van der Waals surface area contributed by atoms with Crippen molar-refractivity contribution in [2.45, 2.75) is 0 Å². The summed E-state index contributed by atoms with van der Waals surface area (Å²) < 4.78 is 0. The lowest BCUT2D eigenvalue weighted by Gasteiger charge is -2.11. The Morgan fingerprint density at radius 1 is 0.600 bits per heavy atom. The third-order valence-electron chi connectivity index (χ3n) is 0.750. The summed E-state index contributed by atoms with van der Waals surface area (Å²) >= 11 is 0. The molecule has 0 radical (unpaired) electrons. The molecule has 0 saturated heterocycles. The maximum Gasteiger partial charge on any atom is -0.163 e. The summed E-state index contributed by atoms with van der Waals surface area (Å²) in [6.45, 7) is 0. The van der Waals surface area contributed by atoms with Gasteiger partial charge in [0, 0.05) is 0 Å². The van der Waals surface area contributed by atoms with Crippen molar-refractivity contribution in [1.82, 2.24) is 0 Å². The second-order valence-corrected chi connectivity index (χ2v) is 1.25. The van der Waals surface area contributed by atoms with Gasteiger partial charge in [0.25, 0.3) is 0 Å². The van der Waals surface area contributed by atoms with E-state index in [1.165, 1.54) is 0 Å². The van der Waals surface area contributed by atoms with Gasteiger partial charge in [0.2, 0.25) is 0 Å². The second kappa shape index (κ2) is 3.92. The first-order valence-corrected chi connectivity index (χ1v) is 2.25. The Balaban J connectivity index is 5.12. The van der Waals surface area contributed by atoms with Crippen LogP contribution in [0.1, 0.15) is 0 Å². The molecule has 0 aliphatic carbocycles. The highest BCUT2D eigenvalue weighted by molar-refractivity contribution is 5.55. The van der Waals surface area contributed by atoms with Gasteiger partial charge >= 0.3 is 0 Å². The Morgan fingerprint density at radius 2 is 0.800 bits per heavy atom. The van der Waals surface area contributed by atoms with Crippen LogP contribution in [0.4, 0.5) is 0 Å². The number of hydrogen-bond donors (Lipinski definition) is 0. The molecule has 0 heteroatoms. The fraction of sp³-hybridized carbons (Fsp3) is 0. The van der Waals surface area contributed by atoms with E-state index in [1.807, 2.05) is 23.7 Å². The van der Waals surface area contributed by atoms with Gasteiger partial charge in [-0.2, -0.15) is 11.1 Å². The monoisotopic (exact) mass is 120 g/mol. The second-order valence-electron chi connectivity index (χ2n) is 1.25. The summed E-state index contributed by atoms with van der Waals surface area (Å²) in [6, 6.07) is 0. The van der Waals surface area contributed by atoms with Gasteiger partial charge in [0.05, 0.1) is 0 Å². The molecule has 0 rings (SSSR count). The molecule has 0 aromatic carbocycles. The minimum atomic E-state index is -0.0926. The van der Waals surface area contributed by atoms with E-state index < -0.39 is 0 Å². The Hall–Kier alpha value is -2.02. The van der Waals surface area contributed by atoms with Gasteiger partial charge in [-0.1, -0.05) is 0 Å². The highest BCUT2D eigenvalue weighted by atomic mass is 13.9. The van der Waals surface area contributed by atoms with E-state index in [1.54, 1.807) is 0 Å². The molecular formula is C10-4. The molecule has 0 aromatic heterocycles. The molecule has 0 spiro atoms. The topological polar surface area (TPSA) is 0 Å². The molecule has 44 valence electrons. The fourth-order valence-corrected chi connectivity index (χ4v) is 0.312. The Bertz CT molecular complexity index is 247. The Kier molecular flexibility index (Phi) is 3.13. The van der Waals surface area contributed by atoms with Crippen LogP contribution in [-0.2, 0) is 0 Å². The molecule has 0 bridgehead atoms. The third-order valence-corrected chi connectivity index (χ3v) is 0.750. The maximum atomic E-state index is 6.56. The minimum absolute atomic E-state index is 0.0926. The predicted molar refractivity (Wildman–Crippen MR) is 35.5 cm³/mol. The fourth-order valence-electron chi connectivity index (χ4n) is 0.312. The molecule has 0 aliphatic rings. The molecule has 0 unspecified atom stereocenters. The summed E-state index contributed by atoms with van der Waals surface area (Å²) in [5.41, 5.74) is -0.185. The van der Waals surface area contributed by atoms with Gasteiger partial charge in [-0.15, -0.1) is 0 Å². The Labute approximate surface area is 61.3 Å². The average molecular weight is 120 g/mol. The van der Waals surface area contributed by atoms with Crippen LogP contribution in [0.15, 0.2) is 11.1 Å². The van der Waals surface area contributed by atoms with E-state index in [0.717, 1.165) is 0 Å². The predicted octanol–water partition coefficient (Wildman–Crippen LogP) is 0.642. The molecule has 0 fully saturated rings. The van der Waals surface area contributed by atoms with Crippen molar-refractivity contribution in [1.29, 1.82) is 0 Å². The summed E-state index contributed by atoms with van der Waals surface area (Å²) in [5.74, 6) is 7.28. The SMILES string of the molecule is [C-]#CC(C#[C-])=C(C#[C-])C#[C-]. The first-order valence-electron chi connectivity index (χ1n) is 2.25. The zero-order chi connectivity index (χ0) is 7.98. The van der Waals surface area contributed by atoms with E-state index in [2.05, 4.69) is 0 Å². The highest BCUT2D eigenvalue weighted by Crippen LogP contribution is 1.98. The maximum absolute atomic E-state index is 6.56.